The van der Waals surface area contributed by atoms with Crippen molar-refractivity contribution in [1.82, 2.24) is 5.32 Å². The SMILES string of the molecule is CCOC(CNC(=O)c1ccc2ccccc2c1)OCC. The van der Waals surface area contributed by atoms with Crippen molar-refractivity contribution >= 4 is 16.7 Å². The Balaban J connectivity index is 2.01. The molecule has 1 amide bonds. The van der Waals surface area contributed by atoms with E-state index in [9.17, 15) is 4.79 Å². The fourth-order valence-electron chi connectivity index (χ4n) is 2.15. The number of carbonyl (C=O) groups is 1. The van der Waals surface area contributed by atoms with Crippen LogP contribution < -0.4 is 5.32 Å². The van der Waals surface area contributed by atoms with Gasteiger partial charge < -0.3 is 14.8 Å². The summed E-state index contributed by atoms with van der Waals surface area (Å²) in [6.45, 7) is 5.24. The number of ether oxygens (including phenoxy) is 2. The fourth-order valence-corrected chi connectivity index (χ4v) is 2.15. The number of fused-ring (bicyclic) bond motifs is 1. The van der Waals surface area contributed by atoms with Gasteiger partial charge in [0.05, 0.1) is 6.54 Å². The second-order valence-electron chi connectivity index (χ2n) is 4.61. The van der Waals surface area contributed by atoms with Crippen LogP contribution in [0.3, 0.4) is 0 Å². The van der Waals surface area contributed by atoms with Crippen LogP contribution >= 0.6 is 0 Å². The van der Waals surface area contributed by atoms with E-state index in [1.807, 2.05) is 56.3 Å². The van der Waals surface area contributed by atoms with Gasteiger partial charge in [-0.05, 0) is 36.8 Å². The number of hydrogen-bond acceptors (Lipinski definition) is 3. The topological polar surface area (TPSA) is 47.6 Å². The highest BCUT2D eigenvalue weighted by Gasteiger charge is 2.11. The first-order valence-electron chi connectivity index (χ1n) is 7.24. The molecule has 4 nitrogen and oxygen atoms in total. The zero-order valence-electron chi connectivity index (χ0n) is 12.5. The molecule has 0 atom stereocenters. The van der Waals surface area contributed by atoms with E-state index in [-0.39, 0.29) is 5.91 Å². The van der Waals surface area contributed by atoms with Crippen molar-refractivity contribution in [2.75, 3.05) is 19.8 Å². The Morgan fingerprint density at radius 2 is 1.71 bits per heavy atom. The highest BCUT2D eigenvalue weighted by Crippen LogP contribution is 2.15. The van der Waals surface area contributed by atoms with Gasteiger partial charge in [-0.15, -0.1) is 0 Å². The molecule has 0 saturated carbocycles. The predicted molar refractivity (Wildman–Crippen MR) is 83.3 cm³/mol. The van der Waals surface area contributed by atoms with Crippen LogP contribution in [0.1, 0.15) is 24.2 Å². The molecular weight excluding hydrogens is 266 g/mol. The monoisotopic (exact) mass is 287 g/mol. The van der Waals surface area contributed by atoms with Crippen LogP contribution in [0.4, 0.5) is 0 Å². The smallest absolute Gasteiger partial charge is 0.251 e. The Bertz CT molecular complexity index is 591. The molecule has 0 fully saturated rings. The lowest BCUT2D eigenvalue weighted by Gasteiger charge is -2.17. The molecule has 112 valence electrons. The summed E-state index contributed by atoms with van der Waals surface area (Å²) in [7, 11) is 0. The normalized spacial score (nSPS) is 11.0. The minimum absolute atomic E-state index is 0.120. The molecule has 2 rings (SSSR count). The van der Waals surface area contributed by atoms with Crippen LogP contribution in [0.15, 0.2) is 42.5 Å². The van der Waals surface area contributed by atoms with Gasteiger partial charge in [-0.1, -0.05) is 30.3 Å². The van der Waals surface area contributed by atoms with Crippen LogP contribution in [0.5, 0.6) is 0 Å². The molecule has 0 spiro atoms. The highest BCUT2D eigenvalue weighted by atomic mass is 16.7. The lowest BCUT2D eigenvalue weighted by molar-refractivity contribution is -0.131. The molecule has 0 bridgehead atoms. The number of benzene rings is 2. The highest BCUT2D eigenvalue weighted by molar-refractivity contribution is 5.98. The minimum atomic E-state index is -0.399. The Kier molecular flexibility index (Phi) is 5.72. The van der Waals surface area contributed by atoms with Gasteiger partial charge in [-0.2, -0.15) is 0 Å². The second kappa shape index (κ2) is 7.76. The van der Waals surface area contributed by atoms with Crippen LogP contribution in [0, 0.1) is 0 Å². The van der Waals surface area contributed by atoms with E-state index in [1.54, 1.807) is 0 Å². The molecule has 0 radical (unpaired) electrons. The zero-order chi connectivity index (χ0) is 15.1. The van der Waals surface area contributed by atoms with E-state index in [4.69, 9.17) is 9.47 Å². The molecule has 0 saturated heterocycles. The maximum absolute atomic E-state index is 12.2. The lowest BCUT2D eigenvalue weighted by Crippen LogP contribution is -2.35. The molecule has 0 aliphatic heterocycles. The van der Waals surface area contributed by atoms with E-state index >= 15 is 0 Å². The molecule has 2 aromatic carbocycles. The van der Waals surface area contributed by atoms with Crippen molar-refractivity contribution in [1.29, 1.82) is 0 Å². The molecule has 21 heavy (non-hydrogen) atoms. The number of hydrogen-bond donors (Lipinski definition) is 1. The third-order valence-corrected chi connectivity index (χ3v) is 3.15. The summed E-state index contributed by atoms with van der Waals surface area (Å²) >= 11 is 0. The van der Waals surface area contributed by atoms with Crippen molar-refractivity contribution in [3.8, 4) is 0 Å². The summed E-state index contributed by atoms with van der Waals surface area (Å²) in [6.07, 6.45) is -0.399. The van der Waals surface area contributed by atoms with Gasteiger partial charge >= 0.3 is 0 Å². The summed E-state index contributed by atoms with van der Waals surface area (Å²) in [5.41, 5.74) is 0.639. The number of carbonyl (C=O) groups excluding carboxylic acids is 1. The van der Waals surface area contributed by atoms with Gasteiger partial charge in [0.2, 0.25) is 0 Å². The summed E-state index contributed by atoms with van der Waals surface area (Å²) < 4.78 is 10.8. The summed E-state index contributed by atoms with van der Waals surface area (Å²) in [6, 6.07) is 13.6. The first-order chi connectivity index (χ1) is 10.2. The summed E-state index contributed by atoms with van der Waals surface area (Å²) in [4.78, 5) is 12.2. The summed E-state index contributed by atoms with van der Waals surface area (Å²) in [5, 5.41) is 5.02. The van der Waals surface area contributed by atoms with Crippen molar-refractivity contribution in [3.05, 3.63) is 48.0 Å². The predicted octanol–water partition coefficient (Wildman–Crippen LogP) is 2.97. The standard InChI is InChI=1S/C17H21NO3/c1-3-20-16(21-4-2)12-18-17(19)15-10-9-13-7-5-6-8-14(13)11-15/h5-11,16H,3-4,12H2,1-2H3,(H,18,19). The molecule has 0 unspecified atom stereocenters. The lowest BCUT2D eigenvalue weighted by atomic mass is 10.1. The number of amides is 1. The minimum Gasteiger partial charge on any atom is -0.351 e. The molecule has 1 N–H and O–H groups in total. The van der Waals surface area contributed by atoms with Gasteiger partial charge in [0.1, 0.15) is 0 Å². The Labute approximate surface area is 125 Å². The molecule has 2 aromatic rings. The molecular formula is C17H21NO3. The molecule has 4 heteroatoms. The first kappa shape index (κ1) is 15.5. The fraction of sp³-hybridized carbons (Fsp3) is 0.353. The van der Waals surface area contributed by atoms with E-state index in [2.05, 4.69) is 5.32 Å². The Hall–Kier alpha value is -1.91. The van der Waals surface area contributed by atoms with Gasteiger partial charge in [0, 0.05) is 18.8 Å². The Morgan fingerprint density at radius 3 is 2.38 bits per heavy atom. The van der Waals surface area contributed by atoms with Crippen LogP contribution in [0.2, 0.25) is 0 Å². The van der Waals surface area contributed by atoms with Crippen LogP contribution in [-0.2, 0) is 9.47 Å². The maximum atomic E-state index is 12.2. The maximum Gasteiger partial charge on any atom is 0.251 e. The van der Waals surface area contributed by atoms with E-state index in [0.717, 1.165) is 10.8 Å². The quantitative estimate of drug-likeness (QED) is 0.796. The average Bonchev–Trinajstić information content (AvgIpc) is 2.52. The van der Waals surface area contributed by atoms with Crippen molar-refractivity contribution < 1.29 is 14.3 Å². The first-order valence-corrected chi connectivity index (χ1v) is 7.24. The average molecular weight is 287 g/mol. The van der Waals surface area contributed by atoms with Crippen LogP contribution in [-0.4, -0.2) is 32.0 Å². The van der Waals surface area contributed by atoms with E-state index in [1.165, 1.54) is 0 Å². The summed E-state index contributed by atoms with van der Waals surface area (Å²) in [5.74, 6) is -0.120. The van der Waals surface area contributed by atoms with Gasteiger partial charge in [-0.3, -0.25) is 4.79 Å². The van der Waals surface area contributed by atoms with Gasteiger partial charge in [-0.25, -0.2) is 0 Å². The number of nitrogens with one attached hydrogen (secondary N) is 1. The van der Waals surface area contributed by atoms with Crippen LogP contribution in [0.25, 0.3) is 10.8 Å². The second-order valence-corrected chi connectivity index (χ2v) is 4.61. The third-order valence-electron chi connectivity index (χ3n) is 3.15. The van der Waals surface area contributed by atoms with Gasteiger partial charge in [0.25, 0.3) is 5.91 Å². The molecule has 0 heterocycles. The number of rotatable bonds is 7. The van der Waals surface area contributed by atoms with Crippen molar-refractivity contribution in [3.63, 3.8) is 0 Å². The van der Waals surface area contributed by atoms with Crippen molar-refractivity contribution in [2.45, 2.75) is 20.1 Å². The largest absolute Gasteiger partial charge is 0.351 e. The molecule has 0 aliphatic rings. The molecule has 0 aliphatic carbocycles. The molecule has 0 aromatic heterocycles. The van der Waals surface area contributed by atoms with E-state index in [0.29, 0.717) is 25.3 Å². The Morgan fingerprint density at radius 1 is 1.05 bits per heavy atom. The van der Waals surface area contributed by atoms with Gasteiger partial charge in [0.15, 0.2) is 6.29 Å². The third kappa shape index (κ3) is 4.28. The zero-order valence-corrected chi connectivity index (χ0v) is 12.5. The van der Waals surface area contributed by atoms with E-state index < -0.39 is 6.29 Å². The van der Waals surface area contributed by atoms with Crippen molar-refractivity contribution in [2.24, 2.45) is 0 Å².